The predicted octanol–water partition coefficient (Wildman–Crippen LogP) is 4.43. The molecule has 0 aliphatic heterocycles. The van der Waals surface area contributed by atoms with E-state index in [1.165, 1.54) is 5.56 Å². The lowest BCUT2D eigenvalue weighted by atomic mass is 10.0. The number of nitrogens with two attached hydrogens (primary N) is 1. The van der Waals surface area contributed by atoms with Gasteiger partial charge in [0.1, 0.15) is 5.75 Å². The zero-order chi connectivity index (χ0) is 25.4. The molecule has 1 amide bonds. The van der Waals surface area contributed by atoms with Gasteiger partial charge in [0.15, 0.2) is 6.61 Å². The van der Waals surface area contributed by atoms with Gasteiger partial charge in [0.25, 0.3) is 5.91 Å². The van der Waals surface area contributed by atoms with Gasteiger partial charge >= 0.3 is 0 Å². The molecule has 1 heterocycles. The van der Waals surface area contributed by atoms with Crippen LogP contribution < -0.4 is 10.5 Å². The van der Waals surface area contributed by atoms with E-state index < -0.39 is 12.0 Å². The number of aromatic nitrogens is 1. The van der Waals surface area contributed by atoms with Gasteiger partial charge in [-0.1, -0.05) is 29.8 Å². The molecule has 3 aromatic carbocycles. The van der Waals surface area contributed by atoms with Crippen LogP contribution in [0.3, 0.4) is 0 Å². The molecule has 4 N–H and O–H groups in total. The summed E-state index contributed by atoms with van der Waals surface area (Å²) in [5.41, 5.74) is 8.39. The van der Waals surface area contributed by atoms with Crippen molar-refractivity contribution in [1.29, 1.82) is 0 Å². The van der Waals surface area contributed by atoms with Crippen LogP contribution in [0.25, 0.3) is 21.7 Å². The quantitative estimate of drug-likeness (QED) is 0.275. The maximum atomic E-state index is 13.3. The molecule has 1 aliphatic rings. The Morgan fingerprint density at radius 3 is 2.61 bits per heavy atom. The van der Waals surface area contributed by atoms with Gasteiger partial charge in [0.05, 0.1) is 18.3 Å². The zero-order valence-electron chi connectivity index (χ0n) is 19.6. The van der Waals surface area contributed by atoms with E-state index >= 15 is 0 Å². The molecule has 7 nitrogen and oxygen atoms in total. The number of aryl methyl sites for hydroxylation is 1. The number of fused-ring (bicyclic) bond motifs is 2. The molecule has 4 aromatic rings. The van der Waals surface area contributed by atoms with Crippen LogP contribution in [0.5, 0.6) is 5.75 Å². The highest BCUT2D eigenvalue weighted by atomic mass is 35.5. The Kier molecular flexibility index (Phi) is 6.71. The number of primary amides is 1. The number of hydrogen-bond donors (Lipinski definition) is 3. The predicted molar refractivity (Wildman–Crippen MR) is 139 cm³/mol. The third-order valence-corrected chi connectivity index (χ3v) is 6.93. The Labute approximate surface area is 213 Å². The van der Waals surface area contributed by atoms with E-state index in [1.54, 1.807) is 30.5 Å². The summed E-state index contributed by atoms with van der Waals surface area (Å²) in [4.78, 5) is 25.4. The summed E-state index contributed by atoms with van der Waals surface area (Å²) in [6.07, 6.45) is 3.63. The summed E-state index contributed by atoms with van der Waals surface area (Å²) in [5.74, 6) is -0.118. The fraction of sp³-hybridized carbons (Fsp3) is 0.286. The van der Waals surface area contributed by atoms with Crippen molar-refractivity contribution in [3.05, 3.63) is 76.4 Å². The first-order valence-electron chi connectivity index (χ1n) is 11.9. The van der Waals surface area contributed by atoms with Gasteiger partial charge in [0, 0.05) is 34.2 Å². The maximum absolute atomic E-state index is 13.3. The number of rotatable bonds is 10. The minimum Gasteiger partial charge on any atom is -0.485 e. The van der Waals surface area contributed by atoms with Gasteiger partial charge in [-0.2, -0.15) is 0 Å². The highest BCUT2D eigenvalue weighted by Crippen LogP contribution is 2.41. The van der Waals surface area contributed by atoms with E-state index in [0.717, 1.165) is 34.5 Å². The van der Waals surface area contributed by atoms with Gasteiger partial charge in [0.2, 0.25) is 5.78 Å². The third kappa shape index (κ3) is 4.95. The van der Waals surface area contributed by atoms with Crippen LogP contribution in [0, 0.1) is 0 Å². The van der Waals surface area contributed by atoms with Crippen LogP contribution in [0.2, 0.25) is 5.02 Å². The molecule has 1 atom stereocenters. The van der Waals surface area contributed by atoms with Crippen molar-refractivity contribution in [1.82, 2.24) is 4.57 Å². The monoisotopic (exact) mass is 506 g/mol. The molecule has 1 saturated carbocycles. The number of ketones is 1. The van der Waals surface area contributed by atoms with Crippen LogP contribution in [0.15, 0.2) is 54.7 Å². The minimum absolute atomic E-state index is 0.173. The van der Waals surface area contributed by atoms with E-state index in [1.807, 2.05) is 16.7 Å². The van der Waals surface area contributed by atoms with Crippen molar-refractivity contribution in [3.8, 4) is 5.75 Å². The van der Waals surface area contributed by atoms with E-state index in [4.69, 9.17) is 22.1 Å². The molecule has 1 aliphatic carbocycles. The molecule has 0 saturated heterocycles. The van der Waals surface area contributed by atoms with Crippen molar-refractivity contribution >= 4 is 45.0 Å². The number of carbonyl (C=O) groups is 2. The van der Waals surface area contributed by atoms with Gasteiger partial charge in [-0.3, -0.25) is 9.59 Å². The average molecular weight is 507 g/mol. The Balaban J connectivity index is 1.44. The Bertz CT molecular complexity index is 1470. The Morgan fingerprint density at radius 1 is 1.08 bits per heavy atom. The third-order valence-electron chi connectivity index (χ3n) is 6.69. The average Bonchev–Trinajstić information content (AvgIpc) is 3.66. The highest BCUT2D eigenvalue weighted by Gasteiger charge is 2.25. The Hall–Kier alpha value is -3.39. The second kappa shape index (κ2) is 9.93. The summed E-state index contributed by atoms with van der Waals surface area (Å²) in [6, 6.07) is 14.7. The first kappa shape index (κ1) is 24.3. The summed E-state index contributed by atoms with van der Waals surface area (Å²) in [5, 5.41) is 21.9. The van der Waals surface area contributed by atoms with Crippen molar-refractivity contribution < 1.29 is 24.5 Å². The van der Waals surface area contributed by atoms with E-state index in [9.17, 15) is 19.8 Å². The summed E-state index contributed by atoms with van der Waals surface area (Å²) < 4.78 is 7.78. The summed E-state index contributed by atoms with van der Waals surface area (Å²) in [6.45, 7) is -0.131. The molecule has 1 fully saturated rings. The number of ether oxygens (including phenoxy) is 1. The SMILES string of the molecule is NC(=O)c1cc2cc(Cl)ccc2cc1OCC(=O)c1cn(CCC(O)CO)c2cc(C3CC3)ccc12. The van der Waals surface area contributed by atoms with Gasteiger partial charge in [-0.05, 0) is 71.8 Å². The molecule has 1 aromatic heterocycles. The molecule has 0 radical (unpaired) electrons. The normalized spacial score (nSPS) is 14.3. The van der Waals surface area contributed by atoms with E-state index in [2.05, 4.69) is 12.1 Å². The summed E-state index contributed by atoms with van der Waals surface area (Å²) in [7, 11) is 0. The number of halogens is 1. The zero-order valence-corrected chi connectivity index (χ0v) is 20.4. The largest absolute Gasteiger partial charge is 0.485 e. The molecule has 36 heavy (non-hydrogen) atoms. The van der Waals surface area contributed by atoms with Crippen LogP contribution in [0.1, 0.15) is 51.5 Å². The second-order valence-electron chi connectivity index (χ2n) is 9.33. The highest BCUT2D eigenvalue weighted by molar-refractivity contribution is 6.31. The standard InChI is InChI=1S/C28H27ClN2O5/c29-20-5-3-18-12-27(23(28(30)35)10-19(18)9-20)36-15-26(34)24-13-31(8-7-21(33)14-32)25-11-17(16-1-2-16)4-6-22(24)25/h3-6,9-13,16,21,32-33H,1-2,7-8,14-15H2,(H2,30,35). The number of carbonyl (C=O) groups excluding carboxylic acids is 2. The fourth-order valence-electron chi connectivity index (χ4n) is 4.55. The molecule has 5 rings (SSSR count). The topological polar surface area (TPSA) is 115 Å². The molecular weight excluding hydrogens is 480 g/mol. The smallest absolute Gasteiger partial charge is 0.252 e. The molecule has 0 spiro atoms. The molecule has 186 valence electrons. The molecule has 0 bridgehead atoms. The van der Waals surface area contributed by atoms with Gasteiger partial charge < -0.3 is 25.3 Å². The fourth-order valence-corrected chi connectivity index (χ4v) is 4.73. The first-order valence-corrected chi connectivity index (χ1v) is 12.3. The number of aliphatic hydroxyl groups is 2. The van der Waals surface area contributed by atoms with Crippen LogP contribution in [-0.2, 0) is 6.54 Å². The molecular formula is C28H27ClN2O5. The minimum atomic E-state index is -0.827. The van der Waals surface area contributed by atoms with E-state index in [-0.39, 0.29) is 30.3 Å². The number of Topliss-reactive ketones (excluding diaryl/α,β-unsaturated/α-hetero) is 1. The lowest BCUT2D eigenvalue weighted by Crippen LogP contribution is -2.17. The number of hydrogen-bond acceptors (Lipinski definition) is 5. The molecule has 8 heteroatoms. The number of benzene rings is 3. The lowest BCUT2D eigenvalue weighted by molar-refractivity contribution is 0.0849. The Morgan fingerprint density at radius 2 is 1.89 bits per heavy atom. The maximum Gasteiger partial charge on any atom is 0.252 e. The van der Waals surface area contributed by atoms with Crippen molar-refractivity contribution in [2.75, 3.05) is 13.2 Å². The van der Waals surface area contributed by atoms with Crippen molar-refractivity contribution in [2.45, 2.75) is 37.8 Å². The van der Waals surface area contributed by atoms with Crippen LogP contribution in [0.4, 0.5) is 0 Å². The number of aliphatic hydroxyl groups excluding tert-OH is 2. The van der Waals surface area contributed by atoms with Crippen LogP contribution >= 0.6 is 11.6 Å². The van der Waals surface area contributed by atoms with Crippen molar-refractivity contribution in [3.63, 3.8) is 0 Å². The first-order chi connectivity index (χ1) is 17.3. The molecule has 1 unspecified atom stereocenters. The second-order valence-corrected chi connectivity index (χ2v) is 9.76. The van der Waals surface area contributed by atoms with Gasteiger partial charge in [-0.25, -0.2) is 0 Å². The van der Waals surface area contributed by atoms with E-state index in [0.29, 0.717) is 29.5 Å². The van der Waals surface area contributed by atoms with Crippen molar-refractivity contribution in [2.24, 2.45) is 5.73 Å². The number of amides is 1. The number of nitrogens with zero attached hydrogens (tertiary/aromatic N) is 1. The van der Waals surface area contributed by atoms with Crippen LogP contribution in [-0.4, -0.2) is 45.8 Å². The lowest BCUT2D eigenvalue weighted by Gasteiger charge is -2.11. The summed E-state index contributed by atoms with van der Waals surface area (Å²) >= 11 is 6.07. The van der Waals surface area contributed by atoms with Gasteiger partial charge in [-0.15, -0.1) is 0 Å².